The Labute approximate surface area is 304 Å². The Hall–Kier alpha value is -0.0500. The first kappa shape index (κ1) is 49.0. The summed E-state index contributed by atoms with van der Waals surface area (Å²) in [6, 6.07) is 0. The van der Waals surface area contributed by atoms with Crippen LogP contribution in [0.3, 0.4) is 0 Å². The Balaban J connectivity index is 3.25. The first-order valence-corrected chi connectivity index (χ1v) is 22.7. The van der Waals surface area contributed by atoms with Crippen molar-refractivity contribution in [3.63, 3.8) is 0 Å². The number of rotatable bonds is 42. The van der Waals surface area contributed by atoms with Crippen molar-refractivity contribution in [1.82, 2.24) is 0 Å². The molecule has 0 aromatic rings. The maximum Gasteiger partial charge on any atom is 0.325 e. The van der Waals surface area contributed by atoms with Crippen LogP contribution in [-0.4, -0.2) is 100 Å². The van der Waals surface area contributed by atoms with E-state index in [0.717, 1.165) is 89.1 Å². The minimum Gasteiger partial charge on any atom is -0.381 e. The molecule has 0 radical (unpaired) electrons. The van der Waals surface area contributed by atoms with E-state index in [-0.39, 0.29) is 6.16 Å². The predicted octanol–water partition coefficient (Wildman–Crippen LogP) is 10.5. The van der Waals surface area contributed by atoms with Crippen molar-refractivity contribution < 1.29 is 37.8 Å². The Morgan fingerprint density at radius 1 is 0.388 bits per heavy atom. The van der Waals surface area contributed by atoms with Gasteiger partial charge >= 0.3 is 7.60 Å². The fourth-order valence-electron chi connectivity index (χ4n) is 6.10. The highest BCUT2D eigenvalue weighted by Crippen LogP contribution is 2.35. The summed E-state index contributed by atoms with van der Waals surface area (Å²) >= 11 is 0. The molecule has 0 bridgehead atoms. The molecule has 0 aliphatic carbocycles. The van der Waals surface area contributed by atoms with Crippen molar-refractivity contribution in [2.75, 3.05) is 86.2 Å². The van der Waals surface area contributed by atoms with Gasteiger partial charge in [-0.25, -0.2) is 0 Å². The number of ether oxygens (including phenoxy) is 4. The van der Waals surface area contributed by atoms with Crippen LogP contribution in [0.25, 0.3) is 0 Å². The molecule has 0 aromatic heterocycles. The first-order chi connectivity index (χ1) is 23.8. The molecule has 0 aromatic carbocycles. The van der Waals surface area contributed by atoms with Crippen LogP contribution in [0.4, 0.5) is 0 Å². The summed E-state index contributed by atoms with van der Waals surface area (Å²) in [4.78, 5) is 17.6. The van der Waals surface area contributed by atoms with E-state index in [1.54, 1.807) is 0 Å². The molecule has 49 heavy (non-hydrogen) atoms. The van der Waals surface area contributed by atoms with Gasteiger partial charge < -0.3 is 33.2 Å². The number of quaternary nitrogens is 1. The summed E-state index contributed by atoms with van der Waals surface area (Å²) in [5.74, 6) is 0. The number of unbranched alkanes of at least 4 members (excludes halogenated alkanes) is 20. The van der Waals surface area contributed by atoms with Crippen molar-refractivity contribution in [2.24, 2.45) is 0 Å². The zero-order valence-corrected chi connectivity index (χ0v) is 33.9. The molecule has 0 atom stereocenters. The first-order valence-electron chi connectivity index (χ1n) is 20.9. The minimum absolute atomic E-state index is 0.0531. The number of nitrogens with zero attached hydrogens (tertiary/aromatic N) is 1. The lowest BCUT2D eigenvalue weighted by Gasteiger charge is -2.30. The van der Waals surface area contributed by atoms with Gasteiger partial charge in [0.15, 0.2) is 0 Å². The highest BCUT2D eigenvalue weighted by molar-refractivity contribution is 7.51. The Morgan fingerprint density at radius 2 is 0.633 bits per heavy atom. The summed E-state index contributed by atoms with van der Waals surface area (Å²) in [5, 5.41) is 0. The third-order valence-electron chi connectivity index (χ3n) is 9.39. The average Bonchev–Trinajstić information content (AvgIpc) is 3.06. The van der Waals surface area contributed by atoms with Crippen LogP contribution >= 0.6 is 7.60 Å². The summed E-state index contributed by atoms with van der Waals surface area (Å²) in [7, 11) is 0.929. The lowest BCUT2D eigenvalue weighted by Crippen LogP contribution is -2.41. The fraction of sp³-hybridized carbons (Fsp3) is 1.00. The smallest absolute Gasteiger partial charge is 0.325 e. The maximum absolute atomic E-state index is 10.8. The van der Waals surface area contributed by atoms with Crippen LogP contribution in [0, 0.1) is 0 Å². The van der Waals surface area contributed by atoms with E-state index >= 15 is 0 Å². The molecule has 0 amide bonds. The molecule has 2 N–H and O–H groups in total. The quantitative estimate of drug-likeness (QED) is 0.0368. The molecule has 296 valence electrons. The van der Waals surface area contributed by atoms with Gasteiger partial charge in [-0.15, -0.1) is 0 Å². The summed E-state index contributed by atoms with van der Waals surface area (Å²) in [6.07, 6.45) is 32.6. The molecule has 0 unspecified atom stereocenters. The molecule has 0 saturated heterocycles. The number of hydrogen-bond acceptors (Lipinski definition) is 5. The maximum atomic E-state index is 10.8. The van der Waals surface area contributed by atoms with Crippen molar-refractivity contribution >= 4 is 7.60 Å². The van der Waals surface area contributed by atoms with E-state index in [4.69, 9.17) is 28.7 Å². The van der Waals surface area contributed by atoms with Crippen LogP contribution in [0.1, 0.15) is 174 Å². The largest absolute Gasteiger partial charge is 0.381 e. The van der Waals surface area contributed by atoms with Crippen molar-refractivity contribution in [3.05, 3.63) is 0 Å². The third-order valence-corrected chi connectivity index (χ3v) is 10.3. The number of hydrogen-bond donors (Lipinski definition) is 2. The zero-order chi connectivity index (χ0) is 36.0. The molecular formula is C40H85NO7P+. The fourth-order valence-corrected chi connectivity index (χ4v) is 6.73. The molecule has 0 saturated carbocycles. The summed E-state index contributed by atoms with van der Waals surface area (Å²) in [5.41, 5.74) is 0. The van der Waals surface area contributed by atoms with Gasteiger partial charge in [-0.3, -0.25) is 4.57 Å². The minimum atomic E-state index is -3.86. The van der Waals surface area contributed by atoms with Crippen molar-refractivity contribution in [1.29, 1.82) is 0 Å². The van der Waals surface area contributed by atoms with Gasteiger partial charge in [-0.05, 0) is 77.0 Å². The molecular weight excluding hydrogens is 637 g/mol. The summed E-state index contributed by atoms with van der Waals surface area (Å²) in [6.45, 7) is 11.0. The highest BCUT2D eigenvalue weighted by Gasteiger charge is 2.14. The second kappa shape index (κ2) is 37.7. The van der Waals surface area contributed by atoms with Crippen molar-refractivity contribution in [3.8, 4) is 0 Å². The molecule has 0 aliphatic heterocycles. The van der Waals surface area contributed by atoms with Gasteiger partial charge in [-0.2, -0.15) is 0 Å². The molecule has 8 nitrogen and oxygen atoms in total. The second-order valence-electron chi connectivity index (χ2n) is 15.1. The summed E-state index contributed by atoms with van der Waals surface area (Å²) < 4.78 is 34.7. The Kier molecular flexibility index (Phi) is 37.7. The van der Waals surface area contributed by atoms with Crippen LogP contribution in [0.5, 0.6) is 0 Å². The molecule has 0 aliphatic rings. The Morgan fingerprint density at radius 3 is 0.939 bits per heavy atom. The van der Waals surface area contributed by atoms with E-state index < -0.39 is 7.60 Å². The topological polar surface area (TPSA) is 94.5 Å². The zero-order valence-electron chi connectivity index (χ0n) is 33.0. The molecule has 9 heteroatoms. The van der Waals surface area contributed by atoms with Crippen LogP contribution in [-0.2, 0) is 23.5 Å². The van der Waals surface area contributed by atoms with Crippen LogP contribution < -0.4 is 0 Å². The van der Waals surface area contributed by atoms with Crippen molar-refractivity contribution in [2.45, 2.75) is 174 Å². The van der Waals surface area contributed by atoms with E-state index in [0.29, 0.717) is 26.1 Å². The molecule has 0 spiro atoms. The molecule has 0 fully saturated rings. The molecule has 0 rings (SSSR count). The standard InChI is InChI=1S/C40H84NO7P/c1-4-5-6-7-8-9-10-11-12-13-14-15-16-17-18-19-30-41(2,3)31-20-21-32-45-33-22-23-34-46-35-24-25-36-47-37-26-27-38-48-39-28-29-40-49(42,43)44/h4-40H2,1-3H3,(H-,42,43,44)/p+1. The lowest BCUT2D eigenvalue weighted by atomic mass is 10.0. The van der Waals surface area contributed by atoms with E-state index in [9.17, 15) is 4.57 Å². The third kappa shape index (κ3) is 44.0. The predicted molar refractivity (Wildman–Crippen MR) is 208 cm³/mol. The van der Waals surface area contributed by atoms with Gasteiger partial charge in [0.1, 0.15) is 0 Å². The van der Waals surface area contributed by atoms with Crippen LogP contribution in [0.2, 0.25) is 0 Å². The normalized spacial score (nSPS) is 12.3. The van der Waals surface area contributed by atoms with E-state index in [1.807, 2.05) is 0 Å². The van der Waals surface area contributed by atoms with E-state index in [2.05, 4.69) is 21.0 Å². The van der Waals surface area contributed by atoms with Crippen LogP contribution in [0.15, 0.2) is 0 Å². The van der Waals surface area contributed by atoms with Gasteiger partial charge in [-0.1, -0.05) is 96.8 Å². The van der Waals surface area contributed by atoms with Gasteiger partial charge in [0.2, 0.25) is 0 Å². The highest BCUT2D eigenvalue weighted by atomic mass is 31.2. The lowest BCUT2D eigenvalue weighted by molar-refractivity contribution is -0.890. The van der Waals surface area contributed by atoms with E-state index in [1.165, 1.54) is 122 Å². The monoisotopic (exact) mass is 723 g/mol. The molecule has 0 heterocycles. The average molecular weight is 723 g/mol. The Bertz CT molecular complexity index is 692. The second-order valence-corrected chi connectivity index (χ2v) is 16.8. The van der Waals surface area contributed by atoms with Gasteiger partial charge in [0.25, 0.3) is 0 Å². The van der Waals surface area contributed by atoms with Gasteiger partial charge in [0, 0.05) is 59.0 Å². The van der Waals surface area contributed by atoms with Gasteiger partial charge in [0.05, 0.1) is 27.2 Å². The SMILES string of the molecule is CCCCCCCCCCCCCCCCCC[N+](C)(C)CCCCOCCCCOCCCCOCCCCOCCCCP(=O)(O)O.